The molecule has 0 amide bonds. The van der Waals surface area contributed by atoms with Crippen LogP contribution < -0.4 is 0 Å². The summed E-state index contributed by atoms with van der Waals surface area (Å²) in [5.74, 6) is 2.91. The van der Waals surface area contributed by atoms with Crippen molar-refractivity contribution in [2.45, 2.75) is 16.3 Å². The molecular weight excluding hydrogens is 243 g/mol. The molecular formula is C5H12S2Sn. The van der Waals surface area contributed by atoms with Gasteiger partial charge in [0.2, 0.25) is 0 Å². The second-order valence-electron chi connectivity index (χ2n) is 2.45. The molecule has 0 unspecified atom stereocenters. The molecule has 0 aliphatic carbocycles. The van der Waals surface area contributed by atoms with Gasteiger partial charge < -0.3 is 0 Å². The van der Waals surface area contributed by atoms with E-state index in [-0.39, 0.29) is 0 Å². The van der Waals surface area contributed by atoms with Crippen LogP contribution in [0, 0.1) is 0 Å². The average Bonchev–Trinajstić information content (AvgIpc) is 1.65. The monoisotopic (exact) mass is 256 g/mol. The minimum absolute atomic E-state index is 1.41. The third-order valence-corrected chi connectivity index (χ3v) is 23.7. The van der Waals surface area contributed by atoms with Crippen LogP contribution in [0.2, 0.25) is 9.88 Å². The summed E-state index contributed by atoms with van der Waals surface area (Å²) in [6.45, 7) is 0. The van der Waals surface area contributed by atoms with Crippen LogP contribution in [-0.4, -0.2) is 27.1 Å². The van der Waals surface area contributed by atoms with E-state index in [1.54, 1.807) is 0 Å². The maximum atomic E-state index is 2.52. The Morgan fingerprint density at radius 3 is 1.88 bits per heavy atom. The van der Waals surface area contributed by atoms with Crippen molar-refractivity contribution >= 4 is 33.5 Å². The molecule has 1 heterocycles. The van der Waals surface area contributed by atoms with Crippen molar-refractivity contribution < 1.29 is 0 Å². The van der Waals surface area contributed by atoms with E-state index in [1.807, 2.05) is 0 Å². The summed E-state index contributed by atoms with van der Waals surface area (Å²) in [6.07, 6.45) is 1.45. The van der Waals surface area contributed by atoms with Crippen LogP contribution in [0.4, 0.5) is 0 Å². The Hall–Kier alpha value is 1.50. The molecule has 48 valence electrons. The molecule has 0 saturated carbocycles. The Bertz CT molecular complexity index is 74.5. The first kappa shape index (κ1) is 7.60. The van der Waals surface area contributed by atoms with Crippen molar-refractivity contribution in [1.29, 1.82) is 0 Å². The summed E-state index contributed by atoms with van der Waals surface area (Å²) in [5, 5.41) is 0. The predicted molar refractivity (Wildman–Crippen MR) is 47.0 cm³/mol. The van der Waals surface area contributed by atoms with Crippen molar-refractivity contribution in [3.05, 3.63) is 0 Å². The van der Waals surface area contributed by atoms with E-state index >= 15 is 0 Å². The predicted octanol–water partition coefficient (Wildman–Crippen LogP) is 2.56. The molecule has 0 atom stereocenters. The van der Waals surface area contributed by atoms with E-state index in [1.165, 1.54) is 17.9 Å². The SMILES string of the molecule is [CH3][Sn]1([CH3])[S]CCC[S]1. The summed E-state index contributed by atoms with van der Waals surface area (Å²) < 4.78 is 0. The second-order valence-corrected chi connectivity index (χ2v) is 32.2. The fourth-order valence-corrected chi connectivity index (χ4v) is 19.2. The van der Waals surface area contributed by atoms with Crippen LogP contribution in [0.25, 0.3) is 0 Å². The Kier molecular flexibility index (Phi) is 2.91. The zero-order valence-electron chi connectivity index (χ0n) is 5.44. The first-order chi connectivity index (χ1) is 3.71. The van der Waals surface area contributed by atoms with Crippen LogP contribution in [0.15, 0.2) is 0 Å². The average molecular weight is 255 g/mol. The van der Waals surface area contributed by atoms with Crippen molar-refractivity contribution in [3.63, 3.8) is 0 Å². The van der Waals surface area contributed by atoms with Crippen LogP contribution in [0.3, 0.4) is 0 Å². The quantitative estimate of drug-likeness (QED) is 0.610. The van der Waals surface area contributed by atoms with Gasteiger partial charge in [-0.2, -0.15) is 0 Å². The second kappa shape index (κ2) is 3.06. The molecule has 1 rings (SSSR count). The van der Waals surface area contributed by atoms with Gasteiger partial charge in [0.25, 0.3) is 0 Å². The van der Waals surface area contributed by atoms with E-state index in [0.29, 0.717) is 0 Å². The van der Waals surface area contributed by atoms with Crippen molar-refractivity contribution in [1.82, 2.24) is 0 Å². The summed E-state index contributed by atoms with van der Waals surface area (Å²) >= 11 is -1.41. The molecule has 0 aromatic carbocycles. The summed E-state index contributed by atoms with van der Waals surface area (Å²) in [6, 6.07) is 0. The molecule has 0 N–H and O–H groups in total. The molecule has 1 saturated heterocycles. The Balaban J connectivity index is 2.33. The Labute approximate surface area is 61.0 Å². The molecule has 1 fully saturated rings. The fourth-order valence-electron chi connectivity index (χ4n) is 0.737. The molecule has 0 nitrogen and oxygen atoms in total. The van der Waals surface area contributed by atoms with Gasteiger partial charge in [-0.3, -0.25) is 0 Å². The zero-order valence-corrected chi connectivity index (χ0v) is 9.92. The molecule has 0 bridgehead atoms. The fraction of sp³-hybridized carbons (Fsp3) is 1.00. The molecule has 3 heteroatoms. The third-order valence-electron chi connectivity index (χ3n) is 1.19. The summed E-state index contributed by atoms with van der Waals surface area (Å²) in [4.78, 5) is 5.03. The van der Waals surface area contributed by atoms with E-state index < -0.39 is 15.6 Å². The Morgan fingerprint density at radius 2 is 1.62 bits per heavy atom. The molecule has 0 aromatic heterocycles. The molecule has 0 aromatic rings. The molecule has 1 aliphatic rings. The van der Waals surface area contributed by atoms with Gasteiger partial charge in [-0.15, -0.1) is 0 Å². The van der Waals surface area contributed by atoms with Gasteiger partial charge >= 0.3 is 61.3 Å². The van der Waals surface area contributed by atoms with E-state index in [4.69, 9.17) is 0 Å². The van der Waals surface area contributed by atoms with Crippen LogP contribution in [-0.2, 0) is 0 Å². The van der Waals surface area contributed by atoms with E-state index in [0.717, 1.165) is 0 Å². The normalized spacial score (nSPS) is 27.8. The first-order valence-electron chi connectivity index (χ1n) is 2.99. The van der Waals surface area contributed by atoms with Gasteiger partial charge in [-0.1, -0.05) is 0 Å². The first-order valence-corrected chi connectivity index (χ1v) is 17.7. The summed E-state index contributed by atoms with van der Waals surface area (Å²) in [7, 11) is 4.59. The van der Waals surface area contributed by atoms with Crippen molar-refractivity contribution in [2.75, 3.05) is 11.5 Å². The topological polar surface area (TPSA) is 0 Å². The maximum absolute atomic E-state index is 2.52. The third kappa shape index (κ3) is 2.40. The summed E-state index contributed by atoms with van der Waals surface area (Å²) in [5.41, 5.74) is 0. The molecule has 8 heavy (non-hydrogen) atoms. The zero-order chi connectivity index (χ0) is 6.04. The number of rotatable bonds is 0. The molecule has 0 radical (unpaired) electrons. The van der Waals surface area contributed by atoms with Crippen LogP contribution in [0.5, 0.6) is 0 Å². The van der Waals surface area contributed by atoms with Crippen molar-refractivity contribution in [2.24, 2.45) is 0 Å². The van der Waals surface area contributed by atoms with Gasteiger partial charge in [0.1, 0.15) is 0 Å². The van der Waals surface area contributed by atoms with Gasteiger partial charge in [0.15, 0.2) is 0 Å². The van der Waals surface area contributed by atoms with Crippen molar-refractivity contribution in [3.8, 4) is 0 Å². The van der Waals surface area contributed by atoms with E-state index in [2.05, 4.69) is 27.8 Å². The van der Waals surface area contributed by atoms with Crippen LogP contribution >= 0.6 is 17.9 Å². The molecule has 1 aliphatic heterocycles. The minimum atomic E-state index is -1.41. The number of hydrogen-bond acceptors (Lipinski definition) is 2. The molecule has 0 spiro atoms. The van der Waals surface area contributed by atoms with Gasteiger partial charge in [0.05, 0.1) is 0 Å². The van der Waals surface area contributed by atoms with Crippen LogP contribution in [0.1, 0.15) is 6.42 Å². The Morgan fingerprint density at radius 1 is 1.12 bits per heavy atom. The van der Waals surface area contributed by atoms with Gasteiger partial charge in [0, 0.05) is 0 Å². The number of hydrogen-bond donors (Lipinski definition) is 0. The standard InChI is InChI=1S/C3H8S2.2CH3.Sn/c4-2-1-3-5;;;/h4-5H,1-3H2;2*1H3;/q;;;+2/p-2. The van der Waals surface area contributed by atoms with E-state index in [9.17, 15) is 0 Å². The van der Waals surface area contributed by atoms with Gasteiger partial charge in [-0.25, -0.2) is 0 Å². The van der Waals surface area contributed by atoms with Gasteiger partial charge in [-0.05, 0) is 0 Å².